The summed E-state index contributed by atoms with van der Waals surface area (Å²) in [5, 5.41) is 1.81. The second-order valence-electron chi connectivity index (χ2n) is 5.68. The van der Waals surface area contributed by atoms with Crippen molar-refractivity contribution in [1.29, 1.82) is 0 Å². The molecule has 2 rings (SSSR count). The Morgan fingerprint density at radius 3 is 2.35 bits per heavy atom. The van der Waals surface area contributed by atoms with Crippen LogP contribution in [-0.2, 0) is 9.53 Å². The van der Waals surface area contributed by atoms with Gasteiger partial charge in [-0.25, -0.2) is 0 Å². The van der Waals surface area contributed by atoms with Crippen LogP contribution >= 0.6 is 0 Å². The number of hydrogen-bond donors (Lipinski definition) is 0. The van der Waals surface area contributed by atoms with E-state index >= 15 is 0 Å². The Morgan fingerprint density at radius 2 is 1.70 bits per heavy atom. The minimum atomic E-state index is -0.289. The van der Waals surface area contributed by atoms with E-state index in [4.69, 9.17) is 4.74 Å². The van der Waals surface area contributed by atoms with Gasteiger partial charge in [0.15, 0.2) is 5.78 Å². The number of carbonyl (C=O) groups excluding carboxylic acids is 2. The summed E-state index contributed by atoms with van der Waals surface area (Å²) < 4.78 is 10.4. The third-order valence-electron chi connectivity index (χ3n) is 3.56. The van der Waals surface area contributed by atoms with E-state index in [1.807, 2.05) is 44.2 Å². The first-order valence-electron chi connectivity index (χ1n) is 7.81. The number of hydrogen-bond acceptors (Lipinski definition) is 4. The summed E-state index contributed by atoms with van der Waals surface area (Å²) in [6, 6.07) is 11.4. The normalized spacial score (nSPS) is 10.8. The predicted molar refractivity (Wildman–Crippen MR) is 89.9 cm³/mol. The molecule has 0 radical (unpaired) electrons. The lowest BCUT2D eigenvalue weighted by atomic mass is 9.98. The number of methoxy groups -OCH3 is 1. The van der Waals surface area contributed by atoms with Gasteiger partial charge in [0, 0.05) is 23.8 Å². The first-order chi connectivity index (χ1) is 11.0. The van der Waals surface area contributed by atoms with Crippen LogP contribution in [0, 0.1) is 0 Å². The van der Waals surface area contributed by atoms with E-state index in [-0.39, 0.29) is 24.3 Å². The molecule has 4 heteroatoms. The Labute approximate surface area is 136 Å². The van der Waals surface area contributed by atoms with Gasteiger partial charge in [-0.05, 0) is 37.8 Å². The van der Waals surface area contributed by atoms with Gasteiger partial charge in [0.05, 0.1) is 13.2 Å². The Balaban J connectivity index is 2.24. The molecule has 23 heavy (non-hydrogen) atoms. The van der Waals surface area contributed by atoms with Gasteiger partial charge >= 0.3 is 5.97 Å². The second kappa shape index (κ2) is 7.77. The molecule has 0 aliphatic carbocycles. The lowest BCUT2D eigenvalue weighted by molar-refractivity contribution is -0.140. The van der Waals surface area contributed by atoms with Crippen molar-refractivity contribution in [1.82, 2.24) is 0 Å². The molecule has 0 atom stereocenters. The molecule has 0 saturated heterocycles. The minimum absolute atomic E-state index is 0.0289. The second-order valence-corrected chi connectivity index (χ2v) is 5.68. The first kappa shape index (κ1) is 17.0. The molecule has 2 aromatic carbocycles. The lowest BCUT2D eigenvalue weighted by Crippen LogP contribution is -2.07. The molecular weight excluding hydrogens is 292 g/mol. The number of Topliss-reactive ketones (excluding diaryl/α,β-unsaturated/α-hetero) is 1. The fourth-order valence-electron chi connectivity index (χ4n) is 2.50. The SMILES string of the molecule is COC(=O)CCCC(=O)c1ccc(OC(C)C)c2ccccc12. The summed E-state index contributed by atoms with van der Waals surface area (Å²) in [6.07, 6.45) is 1.14. The predicted octanol–water partition coefficient (Wildman–Crippen LogP) is 4.15. The van der Waals surface area contributed by atoms with Gasteiger partial charge in [-0.2, -0.15) is 0 Å². The average molecular weight is 314 g/mol. The molecule has 0 aromatic heterocycles. The number of esters is 1. The van der Waals surface area contributed by atoms with Crippen molar-refractivity contribution < 1.29 is 19.1 Å². The fourth-order valence-corrected chi connectivity index (χ4v) is 2.50. The molecule has 0 fully saturated rings. The van der Waals surface area contributed by atoms with Crippen LogP contribution < -0.4 is 4.74 Å². The van der Waals surface area contributed by atoms with Gasteiger partial charge in [-0.15, -0.1) is 0 Å². The van der Waals surface area contributed by atoms with E-state index in [1.165, 1.54) is 7.11 Å². The van der Waals surface area contributed by atoms with Crippen molar-refractivity contribution in [2.45, 2.75) is 39.2 Å². The number of ether oxygens (including phenoxy) is 2. The standard InChI is InChI=1S/C19H22O4/c1-13(2)23-18-12-11-15(14-7-4-5-8-16(14)18)17(20)9-6-10-19(21)22-3/h4-5,7-8,11-13H,6,9-10H2,1-3H3. The largest absolute Gasteiger partial charge is 0.490 e. The Hall–Kier alpha value is -2.36. The number of ketones is 1. The van der Waals surface area contributed by atoms with Crippen molar-refractivity contribution >= 4 is 22.5 Å². The molecular formula is C19H22O4. The van der Waals surface area contributed by atoms with Crippen LogP contribution in [0.3, 0.4) is 0 Å². The third-order valence-corrected chi connectivity index (χ3v) is 3.56. The maximum absolute atomic E-state index is 12.5. The van der Waals surface area contributed by atoms with Crippen LogP contribution in [0.15, 0.2) is 36.4 Å². The van der Waals surface area contributed by atoms with Crippen molar-refractivity contribution in [3.63, 3.8) is 0 Å². The molecule has 0 aliphatic rings. The quantitative estimate of drug-likeness (QED) is 0.569. The van der Waals surface area contributed by atoms with E-state index < -0.39 is 0 Å². The van der Waals surface area contributed by atoms with Gasteiger partial charge in [-0.1, -0.05) is 24.3 Å². The van der Waals surface area contributed by atoms with Gasteiger partial charge in [-0.3, -0.25) is 9.59 Å². The summed E-state index contributed by atoms with van der Waals surface area (Å²) >= 11 is 0. The summed E-state index contributed by atoms with van der Waals surface area (Å²) in [4.78, 5) is 23.6. The van der Waals surface area contributed by atoms with Crippen molar-refractivity contribution in [3.05, 3.63) is 42.0 Å². The highest BCUT2D eigenvalue weighted by atomic mass is 16.5. The van der Waals surface area contributed by atoms with Crippen LogP contribution in [0.25, 0.3) is 10.8 Å². The zero-order valence-electron chi connectivity index (χ0n) is 13.8. The van der Waals surface area contributed by atoms with Crippen LogP contribution in [0.5, 0.6) is 5.75 Å². The Bertz CT molecular complexity index is 704. The zero-order chi connectivity index (χ0) is 16.8. The molecule has 4 nitrogen and oxygen atoms in total. The molecule has 0 N–H and O–H groups in total. The van der Waals surface area contributed by atoms with Gasteiger partial charge in [0.25, 0.3) is 0 Å². The number of fused-ring (bicyclic) bond motifs is 1. The monoisotopic (exact) mass is 314 g/mol. The van der Waals surface area contributed by atoms with Gasteiger partial charge < -0.3 is 9.47 Å². The van der Waals surface area contributed by atoms with Gasteiger partial charge in [0.1, 0.15) is 5.75 Å². The number of rotatable bonds is 7. The average Bonchev–Trinajstić information content (AvgIpc) is 2.54. The van der Waals surface area contributed by atoms with Crippen molar-refractivity contribution in [3.8, 4) is 5.75 Å². The Kier molecular flexibility index (Phi) is 5.74. The zero-order valence-corrected chi connectivity index (χ0v) is 13.8. The highest BCUT2D eigenvalue weighted by Crippen LogP contribution is 2.30. The van der Waals surface area contributed by atoms with Crippen LogP contribution in [0.1, 0.15) is 43.5 Å². The fraction of sp³-hybridized carbons (Fsp3) is 0.368. The molecule has 122 valence electrons. The first-order valence-corrected chi connectivity index (χ1v) is 7.81. The van der Waals surface area contributed by atoms with E-state index in [0.717, 1.165) is 16.5 Å². The maximum Gasteiger partial charge on any atom is 0.305 e. The lowest BCUT2D eigenvalue weighted by Gasteiger charge is -2.14. The maximum atomic E-state index is 12.5. The topological polar surface area (TPSA) is 52.6 Å². The molecule has 0 spiro atoms. The molecule has 2 aromatic rings. The molecule has 0 saturated carbocycles. The highest BCUT2D eigenvalue weighted by Gasteiger charge is 2.14. The van der Waals surface area contributed by atoms with Crippen LogP contribution in [0.2, 0.25) is 0 Å². The third kappa shape index (κ3) is 4.31. The van der Waals surface area contributed by atoms with E-state index in [9.17, 15) is 9.59 Å². The molecule has 0 aliphatic heterocycles. The summed E-state index contributed by atoms with van der Waals surface area (Å²) in [6.45, 7) is 3.95. The van der Waals surface area contributed by atoms with Crippen LogP contribution in [-0.4, -0.2) is 25.0 Å². The summed E-state index contributed by atoms with van der Waals surface area (Å²) in [5.74, 6) is 0.520. The highest BCUT2D eigenvalue weighted by molar-refractivity contribution is 6.09. The number of carbonyl (C=O) groups is 2. The van der Waals surface area contributed by atoms with E-state index in [2.05, 4.69) is 4.74 Å². The van der Waals surface area contributed by atoms with Crippen molar-refractivity contribution in [2.24, 2.45) is 0 Å². The van der Waals surface area contributed by atoms with E-state index in [1.54, 1.807) is 6.07 Å². The van der Waals surface area contributed by atoms with Gasteiger partial charge in [0.2, 0.25) is 0 Å². The molecule has 0 amide bonds. The number of benzene rings is 2. The van der Waals surface area contributed by atoms with E-state index in [0.29, 0.717) is 18.4 Å². The smallest absolute Gasteiger partial charge is 0.305 e. The molecule has 0 heterocycles. The summed E-state index contributed by atoms with van der Waals surface area (Å²) in [7, 11) is 1.35. The molecule has 0 unspecified atom stereocenters. The summed E-state index contributed by atoms with van der Waals surface area (Å²) in [5.41, 5.74) is 0.668. The van der Waals surface area contributed by atoms with Crippen molar-refractivity contribution in [2.75, 3.05) is 7.11 Å². The Morgan fingerprint density at radius 1 is 1.00 bits per heavy atom. The molecule has 0 bridgehead atoms. The van der Waals surface area contributed by atoms with Crippen LogP contribution in [0.4, 0.5) is 0 Å². The minimum Gasteiger partial charge on any atom is -0.490 e.